The van der Waals surface area contributed by atoms with Gasteiger partial charge < -0.3 is 20.3 Å². The van der Waals surface area contributed by atoms with Gasteiger partial charge in [0.15, 0.2) is 0 Å². The van der Waals surface area contributed by atoms with E-state index in [0.717, 1.165) is 66.5 Å². The summed E-state index contributed by atoms with van der Waals surface area (Å²) in [7, 11) is 1.91. The van der Waals surface area contributed by atoms with Gasteiger partial charge in [0.25, 0.3) is 5.91 Å². The molecule has 0 saturated heterocycles. The van der Waals surface area contributed by atoms with Gasteiger partial charge in [0.2, 0.25) is 0 Å². The largest absolute Gasteiger partial charge is 0.338 e. The predicted octanol–water partition coefficient (Wildman–Crippen LogP) is 4.73. The number of nitrogens with one attached hydrogen (secondary N) is 2. The van der Waals surface area contributed by atoms with Gasteiger partial charge >= 0.3 is 0 Å². The number of fused-ring (bicyclic) bond motifs is 2. The van der Waals surface area contributed by atoms with Crippen LogP contribution in [0.1, 0.15) is 52.7 Å². The number of anilines is 3. The molecular weight excluding hydrogens is 438 g/mol. The molecule has 2 N–H and O–H groups in total. The molecule has 7 nitrogen and oxygen atoms in total. The summed E-state index contributed by atoms with van der Waals surface area (Å²) in [5.74, 6) is 2.24. The molecule has 6 rings (SSSR count). The fourth-order valence-corrected chi connectivity index (χ4v) is 4.29. The number of carbonyl (C=O) groups is 2. The Kier molecular flexibility index (Phi) is 6.68. The van der Waals surface area contributed by atoms with Crippen LogP contribution in [-0.4, -0.2) is 28.5 Å². The minimum absolute atomic E-state index is 0.00143. The van der Waals surface area contributed by atoms with Gasteiger partial charge in [-0.05, 0) is 80.5 Å². The second kappa shape index (κ2) is 10.0. The number of hydrogen-bond acceptors (Lipinski definition) is 5. The molecule has 2 saturated carbocycles. The molecule has 2 aliphatic carbocycles. The Morgan fingerprint density at radius 3 is 2.66 bits per heavy atom. The predicted molar refractivity (Wildman–Crippen MR) is 138 cm³/mol. The SMILES string of the molecule is Cc1cc(C(=O)N2Cc3cnn(C)c3Nc3ccccc32)ccc1CNCC1CC1.O=CC1CC1. The van der Waals surface area contributed by atoms with Crippen LogP contribution >= 0.6 is 0 Å². The van der Waals surface area contributed by atoms with Crippen LogP contribution in [-0.2, 0) is 24.9 Å². The Bertz CT molecular complexity index is 1230. The summed E-state index contributed by atoms with van der Waals surface area (Å²) >= 11 is 0. The van der Waals surface area contributed by atoms with Crippen molar-refractivity contribution in [3.63, 3.8) is 0 Å². The first-order valence-electron chi connectivity index (χ1n) is 12.5. The van der Waals surface area contributed by atoms with Crippen molar-refractivity contribution in [3.8, 4) is 0 Å². The lowest BCUT2D eigenvalue weighted by molar-refractivity contribution is -0.108. The van der Waals surface area contributed by atoms with E-state index in [2.05, 4.69) is 28.7 Å². The van der Waals surface area contributed by atoms with Crippen molar-refractivity contribution in [1.29, 1.82) is 0 Å². The lowest BCUT2D eigenvalue weighted by Gasteiger charge is -2.23. The van der Waals surface area contributed by atoms with E-state index in [0.29, 0.717) is 18.0 Å². The zero-order valence-electron chi connectivity index (χ0n) is 20.5. The average molecular weight is 472 g/mol. The van der Waals surface area contributed by atoms with Crippen LogP contribution in [0.25, 0.3) is 0 Å². The monoisotopic (exact) mass is 471 g/mol. The first-order valence-corrected chi connectivity index (χ1v) is 12.5. The summed E-state index contributed by atoms with van der Waals surface area (Å²) in [6.07, 6.45) is 7.84. The summed E-state index contributed by atoms with van der Waals surface area (Å²) in [6.45, 7) is 4.51. The third kappa shape index (κ3) is 5.46. The molecule has 7 heteroatoms. The van der Waals surface area contributed by atoms with Crippen LogP contribution in [0.3, 0.4) is 0 Å². The first-order chi connectivity index (χ1) is 17.0. The first kappa shape index (κ1) is 23.3. The molecule has 2 aromatic carbocycles. The van der Waals surface area contributed by atoms with Gasteiger partial charge in [0.1, 0.15) is 12.1 Å². The Labute approximate surface area is 206 Å². The van der Waals surface area contributed by atoms with Crippen molar-refractivity contribution in [2.75, 3.05) is 16.8 Å². The van der Waals surface area contributed by atoms with Crippen LogP contribution in [0.4, 0.5) is 17.2 Å². The molecule has 35 heavy (non-hydrogen) atoms. The molecule has 0 unspecified atom stereocenters. The van der Waals surface area contributed by atoms with Gasteiger partial charge in [-0.1, -0.05) is 18.2 Å². The van der Waals surface area contributed by atoms with Gasteiger partial charge in [-0.3, -0.25) is 9.48 Å². The second-order valence-electron chi connectivity index (χ2n) is 9.86. The number of hydrogen-bond donors (Lipinski definition) is 2. The molecule has 0 spiro atoms. The summed E-state index contributed by atoms with van der Waals surface area (Å²) < 4.78 is 1.81. The number of rotatable bonds is 6. The molecule has 1 amide bonds. The minimum Gasteiger partial charge on any atom is -0.338 e. The number of nitrogens with zero attached hydrogens (tertiary/aromatic N) is 3. The van der Waals surface area contributed by atoms with E-state index in [9.17, 15) is 9.59 Å². The Balaban J connectivity index is 0.000000453. The van der Waals surface area contributed by atoms with Crippen molar-refractivity contribution in [2.45, 2.75) is 45.7 Å². The number of amides is 1. The normalized spacial score (nSPS) is 16.2. The lowest BCUT2D eigenvalue weighted by Crippen LogP contribution is -2.30. The van der Waals surface area contributed by atoms with Crippen molar-refractivity contribution < 1.29 is 9.59 Å². The van der Waals surface area contributed by atoms with E-state index in [1.165, 1.54) is 18.4 Å². The molecule has 0 atom stereocenters. The summed E-state index contributed by atoms with van der Waals surface area (Å²) in [6, 6.07) is 14.0. The zero-order chi connectivity index (χ0) is 24.4. The van der Waals surface area contributed by atoms with Crippen LogP contribution < -0.4 is 15.5 Å². The Morgan fingerprint density at radius 2 is 1.97 bits per heavy atom. The molecule has 1 aromatic heterocycles. The Morgan fingerprint density at radius 1 is 1.17 bits per heavy atom. The molecule has 0 bridgehead atoms. The van der Waals surface area contributed by atoms with Crippen molar-refractivity contribution >= 4 is 29.4 Å². The van der Waals surface area contributed by atoms with Crippen molar-refractivity contribution in [1.82, 2.24) is 15.1 Å². The fraction of sp³-hybridized carbons (Fsp3) is 0.393. The molecule has 3 aromatic rings. The van der Waals surface area contributed by atoms with E-state index in [1.54, 1.807) is 0 Å². The van der Waals surface area contributed by atoms with Gasteiger partial charge in [0.05, 0.1) is 24.1 Å². The number of carbonyl (C=O) groups excluding carboxylic acids is 2. The Hall–Kier alpha value is -3.45. The minimum atomic E-state index is 0.00143. The summed E-state index contributed by atoms with van der Waals surface area (Å²) in [4.78, 5) is 25.0. The molecule has 2 fully saturated rings. The molecular formula is C28H33N5O2. The van der Waals surface area contributed by atoms with E-state index >= 15 is 0 Å². The van der Waals surface area contributed by atoms with Crippen LogP contribution in [0.5, 0.6) is 0 Å². The topological polar surface area (TPSA) is 79.3 Å². The average Bonchev–Trinajstić information content (AvgIpc) is 3.79. The zero-order valence-corrected chi connectivity index (χ0v) is 20.5. The highest BCUT2D eigenvalue weighted by Gasteiger charge is 2.27. The van der Waals surface area contributed by atoms with Gasteiger partial charge in [-0.25, -0.2) is 0 Å². The number of para-hydroxylation sites is 2. The fourth-order valence-electron chi connectivity index (χ4n) is 4.29. The van der Waals surface area contributed by atoms with Gasteiger partial charge in [-0.2, -0.15) is 5.10 Å². The third-order valence-electron chi connectivity index (χ3n) is 6.89. The molecule has 3 aliphatic rings. The van der Waals surface area contributed by atoms with Gasteiger partial charge in [-0.15, -0.1) is 0 Å². The van der Waals surface area contributed by atoms with Crippen LogP contribution in [0.2, 0.25) is 0 Å². The number of benzene rings is 2. The molecule has 182 valence electrons. The third-order valence-corrected chi connectivity index (χ3v) is 6.89. The number of aryl methyl sites for hydroxylation is 2. The van der Waals surface area contributed by atoms with Crippen LogP contribution in [0.15, 0.2) is 48.7 Å². The maximum absolute atomic E-state index is 13.6. The molecule has 2 heterocycles. The van der Waals surface area contributed by atoms with E-state index < -0.39 is 0 Å². The number of aromatic nitrogens is 2. The number of aldehydes is 1. The highest BCUT2D eigenvalue weighted by molar-refractivity contribution is 6.08. The maximum Gasteiger partial charge on any atom is 0.258 e. The summed E-state index contributed by atoms with van der Waals surface area (Å²) in [5.41, 5.74) is 5.89. The molecule has 1 aliphatic heterocycles. The highest BCUT2D eigenvalue weighted by Crippen LogP contribution is 2.36. The second-order valence-corrected chi connectivity index (χ2v) is 9.86. The quantitative estimate of drug-likeness (QED) is 0.508. The van der Waals surface area contributed by atoms with E-state index in [4.69, 9.17) is 0 Å². The summed E-state index contributed by atoms with van der Waals surface area (Å²) in [5, 5.41) is 11.3. The highest BCUT2D eigenvalue weighted by atomic mass is 16.2. The van der Waals surface area contributed by atoms with Crippen molar-refractivity contribution in [3.05, 3.63) is 70.9 Å². The van der Waals surface area contributed by atoms with Crippen LogP contribution in [0, 0.1) is 18.8 Å². The van der Waals surface area contributed by atoms with Crippen molar-refractivity contribution in [2.24, 2.45) is 18.9 Å². The standard InChI is InChI=1S/C24H27N5O.C4H6O/c1-16-11-18(9-10-19(16)13-25-12-17-7-8-17)24(30)29-15-20-14-26-28(2)23(20)27-21-5-3-4-6-22(21)29;5-3-4-1-2-4/h3-6,9-11,14,17,25,27H,7-8,12-13,15H2,1-2H3;3-4H,1-2H2. The smallest absolute Gasteiger partial charge is 0.258 e. The molecule has 0 radical (unpaired) electrons. The lowest BCUT2D eigenvalue weighted by atomic mass is 10.0. The maximum atomic E-state index is 13.6. The van der Waals surface area contributed by atoms with E-state index in [-0.39, 0.29) is 5.91 Å². The van der Waals surface area contributed by atoms with Gasteiger partial charge in [0, 0.05) is 30.6 Å². The van der Waals surface area contributed by atoms with E-state index in [1.807, 2.05) is 59.2 Å².